The van der Waals surface area contributed by atoms with Gasteiger partial charge in [-0.15, -0.1) is 0 Å². The molecule has 0 amide bonds. The minimum atomic E-state index is -1.81. The number of unbranched alkanes of at least 4 members (excludes halogenated alkanes) is 1. The number of aliphatic hydroxyl groups excluding tert-OH is 1. The van der Waals surface area contributed by atoms with E-state index in [0.717, 1.165) is 31.3 Å². The zero-order chi connectivity index (χ0) is 24.5. The van der Waals surface area contributed by atoms with Crippen molar-refractivity contribution in [1.82, 2.24) is 0 Å². The Balaban J connectivity index is 1.52. The summed E-state index contributed by atoms with van der Waals surface area (Å²) in [7, 11) is 0. The number of ether oxygens (including phenoxy) is 2. The van der Waals surface area contributed by atoms with Crippen LogP contribution in [0.5, 0.6) is 0 Å². The number of carbonyl (C=O) groups is 2. The van der Waals surface area contributed by atoms with Crippen LogP contribution >= 0.6 is 0 Å². The SMILES string of the molecule is CCCCC(C)C1(O)OCC(=O)[C@]2(CC[C@H]3[C@@H]4C=CC5=CC(=O)C=C[C@]5(C)[C@H]4[C@@H](O)C[C@@]32C)O1. The van der Waals surface area contributed by atoms with E-state index in [9.17, 15) is 19.8 Å². The molecule has 1 spiro atoms. The van der Waals surface area contributed by atoms with Crippen molar-refractivity contribution in [3.05, 3.63) is 36.0 Å². The number of ketones is 2. The van der Waals surface area contributed by atoms with Gasteiger partial charge in [-0.25, -0.2) is 0 Å². The summed E-state index contributed by atoms with van der Waals surface area (Å²) in [4.78, 5) is 25.5. The standard InChI is InChI=1S/C28H38O6/c1-5-6-7-17(2)28(32)33-16-23(31)27(34-28)13-11-21-20-9-8-18-14-19(29)10-12-25(18,3)24(20)22(30)15-26(21,27)4/h8-10,12,14,17,20-22,24,30,32H,5-7,11,13,15-16H2,1-4H3/t17?,20-,21-,22-,24+,25-,26-,27-,28?/m0/s1. The highest BCUT2D eigenvalue weighted by Crippen LogP contribution is 2.67. The molecule has 3 fully saturated rings. The van der Waals surface area contributed by atoms with Crippen molar-refractivity contribution in [3.63, 3.8) is 0 Å². The third-order valence-corrected chi connectivity index (χ3v) is 9.97. The van der Waals surface area contributed by atoms with Crippen LogP contribution in [-0.4, -0.2) is 46.1 Å². The van der Waals surface area contributed by atoms with Crippen molar-refractivity contribution in [2.75, 3.05) is 6.61 Å². The summed E-state index contributed by atoms with van der Waals surface area (Å²) in [6, 6.07) is 0. The molecule has 2 N–H and O–H groups in total. The maximum Gasteiger partial charge on any atom is 0.284 e. The molecule has 9 atom stereocenters. The van der Waals surface area contributed by atoms with Crippen molar-refractivity contribution < 1.29 is 29.3 Å². The molecule has 1 heterocycles. The molecule has 34 heavy (non-hydrogen) atoms. The lowest BCUT2D eigenvalue weighted by Gasteiger charge is -2.60. The van der Waals surface area contributed by atoms with Gasteiger partial charge >= 0.3 is 0 Å². The van der Waals surface area contributed by atoms with E-state index in [2.05, 4.69) is 26.8 Å². The van der Waals surface area contributed by atoms with Gasteiger partial charge in [-0.3, -0.25) is 9.59 Å². The molecule has 0 aromatic carbocycles. The first-order valence-electron chi connectivity index (χ1n) is 12.9. The zero-order valence-electron chi connectivity index (χ0n) is 20.8. The summed E-state index contributed by atoms with van der Waals surface area (Å²) in [6.45, 7) is 8.00. The van der Waals surface area contributed by atoms with E-state index in [1.54, 1.807) is 12.2 Å². The van der Waals surface area contributed by atoms with Crippen molar-refractivity contribution in [3.8, 4) is 0 Å². The number of aliphatic hydroxyl groups is 2. The Kier molecular flexibility index (Phi) is 5.64. The van der Waals surface area contributed by atoms with E-state index >= 15 is 0 Å². The van der Waals surface area contributed by atoms with Gasteiger partial charge in [0.05, 0.1) is 6.10 Å². The predicted octanol–water partition coefficient (Wildman–Crippen LogP) is 3.87. The van der Waals surface area contributed by atoms with Gasteiger partial charge in [-0.05, 0) is 55.2 Å². The molecule has 0 aromatic rings. The molecule has 6 nitrogen and oxygen atoms in total. The summed E-state index contributed by atoms with van der Waals surface area (Å²) >= 11 is 0. The van der Waals surface area contributed by atoms with Crippen LogP contribution in [0.3, 0.4) is 0 Å². The molecular formula is C28H38O6. The molecule has 6 heteroatoms. The molecule has 5 aliphatic rings. The average Bonchev–Trinajstić information content (AvgIpc) is 3.07. The Labute approximate surface area is 202 Å². The van der Waals surface area contributed by atoms with E-state index in [-0.39, 0.29) is 41.8 Å². The summed E-state index contributed by atoms with van der Waals surface area (Å²) in [6.07, 6.45) is 13.1. The van der Waals surface area contributed by atoms with Crippen LogP contribution in [0.4, 0.5) is 0 Å². The second-order valence-electron chi connectivity index (χ2n) is 11.7. The molecule has 5 rings (SSSR count). The normalized spacial score (nSPS) is 48.4. The Morgan fingerprint density at radius 1 is 1.24 bits per heavy atom. The number of hydrogen-bond donors (Lipinski definition) is 2. The molecule has 0 aromatic heterocycles. The maximum absolute atomic E-state index is 13.5. The van der Waals surface area contributed by atoms with E-state index in [0.29, 0.717) is 12.8 Å². The fourth-order valence-corrected chi connectivity index (χ4v) is 7.95. The van der Waals surface area contributed by atoms with Crippen molar-refractivity contribution >= 4 is 11.6 Å². The monoisotopic (exact) mass is 470 g/mol. The lowest BCUT2D eigenvalue weighted by atomic mass is 9.47. The molecule has 0 radical (unpaired) electrons. The number of Topliss-reactive ketones (excluding diaryl/α,β-unsaturated/α-hetero) is 1. The highest BCUT2D eigenvalue weighted by molar-refractivity contribution is 6.01. The molecule has 4 aliphatic carbocycles. The van der Waals surface area contributed by atoms with Crippen LogP contribution in [0.2, 0.25) is 0 Å². The molecule has 1 aliphatic heterocycles. The molecular weight excluding hydrogens is 432 g/mol. The fourth-order valence-electron chi connectivity index (χ4n) is 7.95. The second kappa shape index (κ2) is 7.95. The quantitative estimate of drug-likeness (QED) is 0.648. The van der Waals surface area contributed by atoms with Crippen LogP contribution in [0, 0.1) is 34.5 Å². The Bertz CT molecular complexity index is 981. The first-order chi connectivity index (χ1) is 16.0. The third kappa shape index (κ3) is 3.15. The molecule has 2 saturated carbocycles. The summed E-state index contributed by atoms with van der Waals surface area (Å²) < 4.78 is 12.1. The topological polar surface area (TPSA) is 93.1 Å². The smallest absolute Gasteiger partial charge is 0.284 e. The van der Waals surface area contributed by atoms with Gasteiger partial charge in [-0.2, -0.15) is 0 Å². The fraction of sp³-hybridized carbons (Fsp3) is 0.714. The Morgan fingerprint density at radius 2 is 2.00 bits per heavy atom. The number of rotatable bonds is 4. The van der Waals surface area contributed by atoms with E-state index in [1.807, 2.05) is 19.1 Å². The lowest BCUT2D eigenvalue weighted by Crippen LogP contribution is -2.68. The van der Waals surface area contributed by atoms with Crippen molar-refractivity contribution in [2.45, 2.75) is 83.9 Å². The van der Waals surface area contributed by atoms with Crippen LogP contribution in [0.1, 0.15) is 66.2 Å². The zero-order valence-corrected chi connectivity index (χ0v) is 20.8. The third-order valence-electron chi connectivity index (χ3n) is 9.97. The minimum Gasteiger partial charge on any atom is -0.393 e. The van der Waals surface area contributed by atoms with Gasteiger partial charge in [0, 0.05) is 22.7 Å². The van der Waals surface area contributed by atoms with Crippen molar-refractivity contribution in [1.29, 1.82) is 0 Å². The Hall–Kier alpha value is -1.60. The summed E-state index contributed by atoms with van der Waals surface area (Å²) in [5.74, 6) is -2.17. The molecule has 0 bridgehead atoms. The average molecular weight is 471 g/mol. The molecule has 186 valence electrons. The lowest BCUT2D eigenvalue weighted by molar-refractivity contribution is -0.434. The van der Waals surface area contributed by atoms with Gasteiger partial charge < -0.3 is 19.7 Å². The number of hydrogen-bond acceptors (Lipinski definition) is 6. The number of carbonyl (C=O) groups excluding carboxylic acids is 2. The maximum atomic E-state index is 13.5. The first kappa shape index (κ1) is 24.1. The van der Waals surface area contributed by atoms with E-state index < -0.39 is 28.5 Å². The van der Waals surface area contributed by atoms with E-state index in [4.69, 9.17) is 9.47 Å². The van der Waals surface area contributed by atoms with Gasteiger partial charge in [0.25, 0.3) is 5.97 Å². The predicted molar refractivity (Wildman–Crippen MR) is 126 cm³/mol. The second-order valence-corrected chi connectivity index (χ2v) is 11.7. The Morgan fingerprint density at radius 3 is 2.74 bits per heavy atom. The number of allylic oxidation sites excluding steroid dienone is 6. The van der Waals surface area contributed by atoms with Gasteiger partial charge in [-0.1, -0.05) is 58.8 Å². The van der Waals surface area contributed by atoms with Crippen LogP contribution < -0.4 is 0 Å². The highest BCUT2D eigenvalue weighted by atomic mass is 16.8. The van der Waals surface area contributed by atoms with Crippen LogP contribution in [-0.2, 0) is 19.1 Å². The van der Waals surface area contributed by atoms with Gasteiger partial charge in [0.1, 0.15) is 12.2 Å². The summed E-state index contributed by atoms with van der Waals surface area (Å²) in [5.41, 5.74) is -1.31. The van der Waals surface area contributed by atoms with Gasteiger partial charge in [0.2, 0.25) is 0 Å². The molecule has 2 unspecified atom stereocenters. The van der Waals surface area contributed by atoms with Crippen molar-refractivity contribution in [2.24, 2.45) is 34.5 Å². The summed E-state index contributed by atoms with van der Waals surface area (Å²) in [5, 5.41) is 23.0. The van der Waals surface area contributed by atoms with Gasteiger partial charge in [0.15, 0.2) is 11.6 Å². The van der Waals surface area contributed by atoms with Crippen LogP contribution in [0.15, 0.2) is 36.0 Å². The van der Waals surface area contributed by atoms with E-state index in [1.165, 1.54) is 0 Å². The molecule has 1 saturated heterocycles. The first-order valence-corrected chi connectivity index (χ1v) is 12.9. The van der Waals surface area contributed by atoms with Crippen LogP contribution in [0.25, 0.3) is 0 Å². The number of fused-ring (bicyclic) bond motifs is 6. The highest BCUT2D eigenvalue weighted by Gasteiger charge is 2.71. The largest absolute Gasteiger partial charge is 0.393 e. The minimum absolute atomic E-state index is 0.0248.